The third-order valence-corrected chi connectivity index (χ3v) is 3.35. The minimum absolute atomic E-state index is 0.0526. The lowest BCUT2D eigenvalue weighted by Crippen LogP contribution is -1.99. The number of nitrogens with one attached hydrogen (secondary N) is 1. The van der Waals surface area contributed by atoms with E-state index in [1.54, 1.807) is 30.5 Å². The van der Waals surface area contributed by atoms with Crippen molar-refractivity contribution in [3.63, 3.8) is 0 Å². The summed E-state index contributed by atoms with van der Waals surface area (Å²) in [4.78, 5) is 14.2. The highest BCUT2D eigenvalue weighted by atomic mass is 16.4. The molecule has 104 valence electrons. The lowest BCUT2D eigenvalue weighted by molar-refractivity contribution is 0.0692. The predicted molar refractivity (Wildman–Crippen MR) is 80.3 cm³/mol. The Bertz CT molecular complexity index is 791. The topological polar surface area (TPSA) is 73.3 Å². The third kappa shape index (κ3) is 2.27. The highest BCUT2D eigenvalue weighted by Crippen LogP contribution is 2.39. The van der Waals surface area contributed by atoms with Gasteiger partial charge in [0, 0.05) is 22.9 Å². The number of carboxylic acid groups (broad SMARTS) is 1. The van der Waals surface area contributed by atoms with Gasteiger partial charge < -0.3 is 15.2 Å². The van der Waals surface area contributed by atoms with Crippen LogP contribution in [0.2, 0.25) is 0 Å². The summed E-state index contributed by atoms with van der Waals surface area (Å²) < 4.78 is 0. The maximum atomic E-state index is 11.4. The van der Waals surface area contributed by atoms with Crippen molar-refractivity contribution in [1.29, 1.82) is 0 Å². The molecule has 4 heteroatoms. The molecular weight excluding hydrogens is 266 g/mol. The van der Waals surface area contributed by atoms with Gasteiger partial charge in [-0.2, -0.15) is 0 Å². The summed E-state index contributed by atoms with van der Waals surface area (Å²) in [7, 11) is 0. The number of phenols is 1. The largest absolute Gasteiger partial charge is 0.507 e. The molecule has 0 saturated heterocycles. The number of carboxylic acids is 1. The van der Waals surface area contributed by atoms with Gasteiger partial charge in [0.1, 0.15) is 11.4 Å². The highest BCUT2D eigenvalue weighted by molar-refractivity contribution is 6.01. The number of aromatic amines is 1. The minimum Gasteiger partial charge on any atom is -0.507 e. The third-order valence-electron chi connectivity index (χ3n) is 3.35. The average Bonchev–Trinajstić information content (AvgIpc) is 2.93. The van der Waals surface area contributed by atoms with Crippen molar-refractivity contribution in [2.45, 2.75) is 0 Å². The van der Waals surface area contributed by atoms with E-state index in [2.05, 4.69) is 4.98 Å². The number of phenolic OH excluding ortho intramolecular Hbond substituents is 1. The zero-order valence-corrected chi connectivity index (χ0v) is 11.1. The number of rotatable bonds is 3. The Hall–Kier alpha value is -3.01. The number of hydrogen-bond acceptors (Lipinski definition) is 2. The van der Waals surface area contributed by atoms with Crippen LogP contribution in [0, 0.1) is 0 Å². The Morgan fingerprint density at radius 1 is 0.905 bits per heavy atom. The van der Waals surface area contributed by atoms with E-state index in [9.17, 15) is 15.0 Å². The van der Waals surface area contributed by atoms with Crippen LogP contribution < -0.4 is 0 Å². The summed E-state index contributed by atoms with van der Waals surface area (Å²) in [6, 6.07) is 16.2. The molecule has 0 spiro atoms. The Morgan fingerprint density at radius 2 is 1.57 bits per heavy atom. The summed E-state index contributed by atoms with van der Waals surface area (Å²) >= 11 is 0. The number of H-pyrrole nitrogens is 1. The van der Waals surface area contributed by atoms with Crippen molar-refractivity contribution in [2.75, 3.05) is 0 Å². The molecule has 0 amide bonds. The molecule has 0 unspecified atom stereocenters. The van der Waals surface area contributed by atoms with Crippen molar-refractivity contribution in [2.24, 2.45) is 0 Å². The summed E-state index contributed by atoms with van der Waals surface area (Å²) in [5.74, 6) is -1.01. The summed E-state index contributed by atoms with van der Waals surface area (Å²) in [5.41, 5.74) is 2.69. The van der Waals surface area contributed by atoms with E-state index >= 15 is 0 Å². The molecule has 0 aliphatic carbocycles. The number of aromatic hydroxyl groups is 1. The van der Waals surface area contributed by atoms with E-state index < -0.39 is 5.97 Å². The predicted octanol–water partition coefficient (Wildman–Crippen LogP) is 3.75. The molecule has 0 saturated carbocycles. The van der Waals surface area contributed by atoms with Crippen LogP contribution in [0.1, 0.15) is 10.5 Å². The van der Waals surface area contributed by atoms with Crippen LogP contribution in [0.25, 0.3) is 22.3 Å². The molecule has 0 fully saturated rings. The van der Waals surface area contributed by atoms with E-state index in [1.165, 1.54) is 0 Å². The molecule has 4 nitrogen and oxygen atoms in total. The number of aromatic nitrogens is 1. The fourth-order valence-corrected chi connectivity index (χ4v) is 2.40. The molecule has 3 rings (SSSR count). The summed E-state index contributed by atoms with van der Waals surface area (Å²) in [6.45, 7) is 0. The number of para-hydroxylation sites is 1. The number of aromatic carboxylic acids is 1. The van der Waals surface area contributed by atoms with E-state index in [1.807, 2.05) is 30.3 Å². The summed E-state index contributed by atoms with van der Waals surface area (Å²) in [5, 5.41) is 19.4. The fraction of sp³-hybridized carbons (Fsp3) is 0. The molecule has 0 aliphatic heterocycles. The highest BCUT2D eigenvalue weighted by Gasteiger charge is 2.21. The van der Waals surface area contributed by atoms with Gasteiger partial charge in [-0.1, -0.05) is 48.5 Å². The summed E-state index contributed by atoms with van der Waals surface area (Å²) in [6.07, 6.45) is 1.65. The molecule has 3 aromatic rings. The van der Waals surface area contributed by atoms with Gasteiger partial charge in [0.05, 0.1) is 0 Å². The SMILES string of the molecule is O=C(O)c1[nH]cc(-c2ccccc2)c1-c1ccccc1O. The van der Waals surface area contributed by atoms with Crippen LogP contribution in [-0.2, 0) is 0 Å². The van der Waals surface area contributed by atoms with Crippen molar-refractivity contribution in [3.8, 4) is 28.0 Å². The van der Waals surface area contributed by atoms with E-state index in [0.29, 0.717) is 11.1 Å². The second-order valence-electron chi connectivity index (χ2n) is 4.64. The van der Waals surface area contributed by atoms with E-state index in [4.69, 9.17) is 0 Å². The van der Waals surface area contributed by atoms with Crippen LogP contribution in [0.15, 0.2) is 60.8 Å². The van der Waals surface area contributed by atoms with Gasteiger partial charge >= 0.3 is 5.97 Å². The van der Waals surface area contributed by atoms with Crippen LogP contribution in [0.3, 0.4) is 0 Å². The van der Waals surface area contributed by atoms with Crippen LogP contribution in [-0.4, -0.2) is 21.2 Å². The Balaban J connectivity index is 2.29. The smallest absolute Gasteiger partial charge is 0.352 e. The first kappa shape index (κ1) is 13.0. The molecule has 21 heavy (non-hydrogen) atoms. The molecule has 0 atom stereocenters. The number of benzene rings is 2. The normalized spacial score (nSPS) is 10.5. The standard InChI is InChI=1S/C17H13NO3/c19-14-9-5-4-8-12(14)15-13(10-18-16(15)17(20)21)11-6-2-1-3-7-11/h1-10,18-19H,(H,20,21). The van der Waals surface area contributed by atoms with Gasteiger partial charge in [-0.05, 0) is 11.6 Å². The second kappa shape index (κ2) is 5.17. The molecule has 0 radical (unpaired) electrons. The lowest BCUT2D eigenvalue weighted by Gasteiger charge is -2.08. The van der Waals surface area contributed by atoms with E-state index in [-0.39, 0.29) is 11.4 Å². The first-order valence-electron chi connectivity index (χ1n) is 6.47. The number of carbonyl (C=O) groups is 1. The van der Waals surface area contributed by atoms with Gasteiger partial charge in [0.2, 0.25) is 0 Å². The lowest BCUT2D eigenvalue weighted by atomic mass is 9.96. The first-order chi connectivity index (χ1) is 10.2. The zero-order valence-electron chi connectivity index (χ0n) is 11.1. The minimum atomic E-state index is -1.06. The molecular formula is C17H13NO3. The Kier molecular flexibility index (Phi) is 3.20. The van der Waals surface area contributed by atoms with E-state index in [0.717, 1.165) is 11.1 Å². The first-order valence-corrected chi connectivity index (χ1v) is 6.47. The van der Waals surface area contributed by atoms with Crippen molar-refractivity contribution in [1.82, 2.24) is 4.98 Å². The quantitative estimate of drug-likeness (QED) is 0.683. The molecule has 0 bridgehead atoms. The molecule has 0 aliphatic rings. The monoisotopic (exact) mass is 279 g/mol. The van der Waals surface area contributed by atoms with Crippen LogP contribution >= 0.6 is 0 Å². The van der Waals surface area contributed by atoms with Crippen molar-refractivity contribution < 1.29 is 15.0 Å². The maximum Gasteiger partial charge on any atom is 0.352 e. The van der Waals surface area contributed by atoms with Gasteiger partial charge in [-0.15, -0.1) is 0 Å². The van der Waals surface area contributed by atoms with Gasteiger partial charge in [-0.3, -0.25) is 0 Å². The Morgan fingerprint density at radius 3 is 2.24 bits per heavy atom. The van der Waals surface area contributed by atoms with Crippen molar-refractivity contribution in [3.05, 3.63) is 66.5 Å². The molecule has 1 heterocycles. The molecule has 3 N–H and O–H groups in total. The maximum absolute atomic E-state index is 11.4. The Labute approximate surface area is 121 Å². The second-order valence-corrected chi connectivity index (χ2v) is 4.64. The van der Waals surface area contributed by atoms with Gasteiger partial charge in [-0.25, -0.2) is 4.79 Å². The zero-order chi connectivity index (χ0) is 14.8. The van der Waals surface area contributed by atoms with Crippen LogP contribution in [0.5, 0.6) is 5.75 Å². The van der Waals surface area contributed by atoms with Crippen molar-refractivity contribution >= 4 is 5.97 Å². The van der Waals surface area contributed by atoms with Gasteiger partial charge in [0.25, 0.3) is 0 Å². The fourth-order valence-electron chi connectivity index (χ4n) is 2.40. The van der Waals surface area contributed by atoms with Gasteiger partial charge in [0.15, 0.2) is 0 Å². The molecule has 1 aromatic heterocycles. The van der Waals surface area contributed by atoms with Crippen LogP contribution in [0.4, 0.5) is 0 Å². The average molecular weight is 279 g/mol. The molecule has 2 aromatic carbocycles. The number of hydrogen-bond donors (Lipinski definition) is 3.